The third-order valence-corrected chi connectivity index (χ3v) is 5.53. The minimum Gasteiger partial charge on any atom is -0.323 e. The van der Waals surface area contributed by atoms with Gasteiger partial charge in [-0.15, -0.1) is 0 Å². The van der Waals surface area contributed by atoms with Crippen molar-refractivity contribution in [2.24, 2.45) is 0 Å². The predicted molar refractivity (Wildman–Crippen MR) is 117 cm³/mol. The van der Waals surface area contributed by atoms with Crippen molar-refractivity contribution >= 4 is 33.4 Å². The molecule has 0 saturated heterocycles. The Morgan fingerprint density at radius 3 is 2.07 bits per heavy atom. The molecule has 0 unspecified atom stereocenters. The molecule has 0 bridgehead atoms. The van der Waals surface area contributed by atoms with Crippen LogP contribution < -0.4 is 10.0 Å². The Bertz CT molecular complexity index is 1120. The van der Waals surface area contributed by atoms with Gasteiger partial charge in [0.05, 0.1) is 4.90 Å². The maximum Gasteiger partial charge on any atom is 0.261 e. The van der Waals surface area contributed by atoms with Gasteiger partial charge in [0, 0.05) is 17.5 Å². The maximum absolute atomic E-state index is 12.6. The van der Waals surface area contributed by atoms with Crippen LogP contribution in [0.1, 0.15) is 16.7 Å². The largest absolute Gasteiger partial charge is 0.323 e. The third-order valence-electron chi connectivity index (χ3n) is 4.13. The quantitative estimate of drug-likeness (QED) is 0.580. The van der Waals surface area contributed by atoms with E-state index >= 15 is 0 Å². The van der Waals surface area contributed by atoms with Crippen LogP contribution in [0.2, 0.25) is 0 Å². The molecular weight excluding hydrogens is 384 g/mol. The molecular formula is C23H22N2O3S. The molecule has 0 saturated carbocycles. The number of sulfonamides is 1. The van der Waals surface area contributed by atoms with Gasteiger partial charge in [-0.3, -0.25) is 9.52 Å². The first-order valence-electron chi connectivity index (χ1n) is 9.07. The topological polar surface area (TPSA) is 75.3 Å². The molecule has 0 aromatic heterocycles. The first-order valence-corrected chi connectivity index (χ1v) is 10.6. The zero-order valence-electron chi connectivity index (χ0n) is 16.2. The van der Waals surface area contributed by atoms with Gasteiger partial charge >= 0.3 is 0 Å². The number of hydrogen-bond donors (Lipinski definition) is 2. The number of carbonyl (C=O) groups excluding carboxylic acids is 1. The van der Waals surface area contributed by atoms with Gasteiger partial charge in [-0.2, -0.15) is 0 Å². The van der Waals surface area contributed by atoms with Crippen molar-refractivity contribution in [2.45, 2.75) is 18.7 Å². The van der Waals surface area contributed by atoms with Crippen molar-refractivity contribution in [1.29, 1.82) is 0 Å². The molecule has 0 heterocycles. The fourth-order valence-corrected chi connectivity index (χ4v) is 3.93. The van der Waals surface area contributed by atoms with E-state index in [1.54, 1.807) is 30.3 Å². The molecule has 29 heavy (non-hydrogen) atoms. The van der Waals surface area contributed by atoms with Crippen LogP contribution in [0.15, 0.2) is 83.8 Å². The van der Waals surface area contributed by atoms with Gasteiger partial charge in [0.2, 0.25) is 5.91 Å². The molecule has 0 radical (unpaired) electrons. The summed E-state index contributed by atoms with van der Waals surface area (Å²) in [6.45, 7) is 3.82. The van der Waals surface area contributed by atoms with Gasteiger partial charge in [0.25, 0.3) is 10.0 Å². The average Bonchev–Trinajstić information content (AvgIpc) is 2.66. The summed E-state index contributed by atoms with van der Waals surface area (Å²) in [7, 11) is -3.72. The number of amides is 1. The van der Waals surface area contributed by atoms with Gasteiger partial charge in [-0.25, -0.2) is 8.42 Å². The molecule has 2 N–H and O–H groups in total. The molecule has 0 aliphatic rings. The second-order valence-corrected chi connectivity index (χ2v) is 8.42. The number of rotatable bonds is 6. The van der Waals surface area contributed by atoms with Crippen molar-refractivity contribution in [3.05, 3.63) is 95.6 Å². The van der Waals surface area contributed by atoms with E-state index in [1.165, 1.54) is 18.2 Å². The monoisotopic (exact) mass is 406 g/mol. The van der Waals surface area contributed by atoms with Crippen molar-refractivity contribution in [3.8, 4) is 0 Å². The lowest BCUT2D eigenvalue weighted by Crippen LogP contribution is -2.13. The summed E-state index contributed by atoms with van der Waals surface area (Å²) in [4.78, 5) is 12.2. The number of carbonyl (C=O) groups is 1. The Kier molecular flexibility index (Phi) is 6.14. The highest BCUT2D eigenvalue weighted by Gasteiger charge is 2.14. The Balaban J connectivity index is 1.67. The Hall–Kier alpha value is -3.38. The molecule has 0 atom stereocenters. The van der Waals surface area contributed by atoms with Crippen LogP contribution in [-0.4, -0.2) is 14.3 Å². The fraction of sp³-hybridized carbons (Fsp3) is 0.0870. The molecule has 3 aromatic rings. The second-order valence-electron chi connectivity index (χ2n) is 6.74. The summed E-state index contributed by atoms with van der Waals surface area (Å²) in [5.41, 5.74) is 3.90. The molecule has 0 aliphatic carbocycles. The van der Waals surface area contributed by atoms with Crippen molar-refractivity contribution in [2.75, 3.05) is 10.0 Å². The van der Waals surface area contributed by atoms with E-state index < -0.39 is 10.0 Å². The Morgan fingerprint density at radius 2 is 1.45 bits per heavy atom. The van der Waals surface area contributed by atoms with Crippen LogP contribution in [-0.2, 0) is 14.8 Å². The van der Waals surface area contributed by atoms with Gasteiger partial charge in [0.1, 0.15) is 0 Å². The van der Waals surface area contributed by atoms with E-state index in [4.69, 9.17) is 0 Å². The SMILES string of the molecule is Cc1cc(C)cc(NS(=O)(=O)c2ccc(NC(=O)/C=C/c3ccccc3)cc2)c1. The smallest absolute Gasteiger partial charge is 0.261 e. The zero-order chi connectivity index (χ0) is 20.9. The maximum atomic E-state index is 12.6. The van der Waals surface area contributed by atoms with Crippen LogP contribution in [0.3, 0.4) is 0 Å². The third kappa shape index (κ3) is 5.80. The molecule has 148 valence electrons. The Morgan fingerprint density at radius 1 is 0.828 bits per heavy atom. The van der Waals surface area contributed by atoms with E-state index in [-0.39, 0.29) is 10.8 Å². The highest BCUT2D eigenvalue weighted by atomic mass is 32.2. The van der Waals surface area contributed by atoms with Crippen molar-refractivity contribution in [3.63, 3.8) is 0 Å². The van der Waals surface area contributed by atoms with Crippen molar-refractivity contribution < 1.29 is 13.2 Å². The van der Waals surface area contributed by atoms with Gasteiger partial charge in [-0.1, -0.05) is 36.4 Å². The number of hydrogen-bond acceptors (Lipinski definition) is 3. The molecule has 0 spiro atoms. The zero-order valence-corrected chi connectivity index (χ0v) is 17.0. The molecule has 5 nitrogen and oxygen atoms in total. The summed E-state index contributed by atoms with van der Waals surface area (Å²) in [6.07, 6.45) is 3.14. The van der Waals surface area contributed by atoms with E-state index in [0.717, 1.165) is 16.7 Å². The van der Waals surface area contributed by atoms with Crippen LogP contribution in [0.5, 0.6) is 0 Å². The normalized spacial score (nSPS) is 11.4. The van der Waals surface area contributed by atoms with E-state index in [1.807, 2.05) is 50.2 Å². The highest BCUT2D eigenvalue weighted by molar-refractivity contribution is 7.92. The molecule has 0 fully saturated rings. The summed E-state index contributed by atoms with van der Waals surface area (Å²) in [6, 6.07) is 21.0. The summed E-state index contributed by atoms with van der Waals surface area (Å²) >= 11 is 0. The lowest BCUT2D eigenvalue weighted by atomic mass is 10.1. The van der Waals surface area contributed by atoms with Crippen LogP contribution in [0, 0.1) is 13.8 Å². The molecule has 3 aromatic carbocycles. The van der Waals surface area contributed by atoms with E-state index in [0.29, 0.717) is 11.4 Å². The minimum atomic E-state index is -3.72. The standard InChI is InChI=1S/C23H22N2O3S/c1-17-14-18(2)16-21(15-17)25-29(27,28)22-11-9-20(10-12-22)24-23(26)13-8-19-6-4-3-5-7-19/h3-16,25H,1-2H3,(H,24,26)/b13-8+. The number of anilines is 2. The lowest BCUT2D eigenvalue weighted by Gasteiger charge is -2.10. The first-order chi connectivity index (χ1) is 13.8. The minimum absolute atomic E-state index is 0.120. The number of nitrogens with one attached hydrogen (secondary N) is 2. The summed E-state index contributed by atoms with van der Waals surface area (Å²) in [5.74, 6) is -0.294. The highest BCUT2D eigenvalue weighted by Crippen LogP contribution is 2.20. The molecule has 0 aliphatic heterocycles. The van der Waals surface area contributed by atoms with Gasteiger partial charge < -0.3 is 5.32 Å². The molecule has 6 heteroatoms. The van der Waals surface area contributed by atoms with Gasteiger partial charge in [-0.05, 0) is 73.0 Å². The average molecular weight is 407 g/mol. The summed E-state index contributed by atoms with van der Waals surface area (Å²) in [5, 5.41) is 2.71. The summed E-state index contributed by atoms with van der Waals surface area (Å²) < 4.78 is 27.8. The van der Waals surface area contributed by atoms with E-state index in [9.17, 15) is 13.2 Å². The van der Waals surface area contributed by atoms with Gasteiger partial charge in [0.15, 0.2) is 0 Å². The number of benzene rings is 3. The van der Waals surface area contributed by atoms with Crippen LogP contribution >= 0.6 is 0 Å². The lowest BCUT2D eigenvalue weighted by molar-refractivity contribution is -0.111. The van der Waals surface area contributed by atoms with Crippen LogP contribution in [0.4, 0.5) is 11.4 Å². The second kappa shape index (κ2) is 8.75. The fourth-order valence-electron chi connectivity index (χ4n) is 2.89. The van der Waals surface area contributed by atoms with Crippen molar-refractivity contribution in [1.82, 2.24) is 0 Å². The number of aryl methyl sites for hydroxylation is 2. The first kappa shape index (κ1) is 20.4. The predicted octanol–water partition coefficient (Wildman–Crippen LogP) is 4.76. The van der Waals surface area contributed by atoms with E-state index in [2.05, 4.69) is 10.0 Å². The Labute approximate surface area is 171 Å². The molecule has 1 amide bonds. The molecule has 3 rings (SSSR count). The van der Waals surface area contributed by atoms with Crippen LogP contribution in [0.25, 0.3) is 6.08 Å².